The van der Waals surface area contributed by atoms with Crippen molar-refractivity contribution in [2.75, 3.05) is 18.4 Å². The van der Waals surface area contributed by atoms with E-state index in [9.17, 15) is 4.79 Å². The molecule has 3 nitrogen and oxygen atoms in total. The molecule has 0 spiro atoms. The quantitative estimate of drug-likeness (QED) is 0.698. The first kappa shape index (κ1) is 9.60. The lowest BCUT2D eigenvalue weighted by atomic mass is 10.0. The molecule has 3 heteroatoms. The normalized spacial score (nSPS) is 17.4. The van der Waals surface area contributed by atoms with Crippen molar-refractivity contribution in [2.24, 2.45) is 0 Å². The van der Waals surface area contributed by atoms with Gasteiger partial charge in [-0.05, 0) is 11.6 Å². The Balaban J connectivity index is 2.14. The summed E-state index contributed by atoms with van der Waals surface area (Å²) >= 11 is 0. The summed E-state index contributed by atoms with van der Waals surface area (Å²) in [7, 11) is 0. The Bertz CT molecular complexity index is 420. The molecule has 0 saturated carbocycles. The molecule has 1 amide bonds. The van der Waals surface area contributed by atoms with Crippen LogP contribution in [-0.4, -0.2) is 19.0 Å². The minimum atomic E-state index is -0.116. The molecule has 0 saturated heterocycles. The summed E-state index contributed by atoms with van der Waals surface area (Å²) < 4.78 is 0. The summed E-state index contributed by atoms with van der Waals surface area (Å²) in [6.45, 7) is 0.938. The van der Waals surface area contributed by atoms with Gasteiger partial charge in [0.15, 0.2) is 0 Å². The predicted molar refractivity (Wildman–Crippen MR) is 59.5 cm³/mol. The topological polar surface area (TPSA) is 41.1 Å². The van der Waals surface area contributed by atoms with Crippen LogP contribution in [0.2, 0.25) is 0 Å². The lowest BCUT2D eigenvalue weighted by molar-refractivity contribution is -0.121. The second-order valence-corrected chi connectivity index (χ2v) is 3.44. The molecule has 1 atom stereocenters. The fourth-order valence-electron chi connectivity index (χ4n) is 1.78. The third-order valence-electron chi connectivity index (χ3n) is 2.51. The predicted octanol–water partition coefficient (Wildman–Crippen LogP) is 0.945. The van der Waals surface area contributed by atoms with Gasteiger partial charge in [-0.3, -0.25) is 4.79 Å². The van der Waals surface area contributed by atoms with Gasteiger partial charge in [-0.2, -0.15) is 0 Å². The van der Waals surface area contributed by atoms with E-state index in [-0.39, 0.29) is 18.4 Å². The molecular weight excluding hydrogens is 188 g/mol. The van der Waals surface area contributed by atoms with Crippen molar-refractivity contribution in [1.29, 1.82) is 0 Å². The molecule has 0 aliphatic carbocycles. The van der Waals surface area contributed by atoms with E-state index in [4.69, 9.17) is 6.42 Å². The van der Waals surface area contributed by atoms with Crippen molar-refractivity contribution in [3.05, 3.63) is 29.8 Å². The Morgan fingerprint density at radius 3 is 3.20 bits per heavy atom. The first-order valence-electron chi connectivity index (χ1n) is 4.87. The Labute approximate surface area is 88.9 Å². The number of anilines is 1. The highest BCUT2D eigenvalue weighted by Crippen LogP contribution is 2.30. The number of hydrogen-bond donors (Lipinski definition) is 2. The van der Waals surface area contributed by atoms with E-state index in [1.54, 1.807) is 0 Å². The fourth-order valence-corrected chi connectivity index (χ4v) is 1.78. The number of rotatable bonds is 2. The Kier molecular flexibility index (Phi) is 2.59. The molecule has 1 aliphatic heterocycles. The van der Waals surface area contributed by atoms with Gasteiger partial charge in [-0.15, -0.1) is 6.42 Å². The van der Waals surface area contributed by atoms with Crippen LogP contribution in [0.15, 0.2) is 24.3 Å². The van der Waals surface area contributed by atoms with Gasteiger partial charge >= 0.3 is 0 Å². The minimum absolute atomic E-state index is 0.00889. The lowest BCUT2D eigenvalue weighted by Gasteiger charge is -2.08. The molecule has 1 unspecified atom stereocenters. The van der Waals surface area contributed by atoms with E-state index in [0.717, 1.165) is 11.3 Å². The number of hydrogen-bond acceptors (Lipinski definition) is 2. The van der Waals surface area contributed by atoms with Crippen LogP contribution < -0.4 is 10.6 Å². The molecule has 0 fully saturated rings. The first-order valence-corrected chi connectivity index (χ1v) is 4.87. The van der Waals surface area contributed by atoms with E-state index in [1.165, 1.54) is 0 Å². The maximum absolute atomic E-state index is 11.7. The largest absolute Gasteiger partial charge is 0.384 e. The fraction of sp³-hybridized carbons (Fsp3) is 0.250. The highest BCUT2D eigenvalue weighted by molar-refractivity contribution is 5.88. The van der Waals surface area contributed by atoms with Crippen LogP contribution in [0.3, 0.4) is 0 Å². The molecule has 1 aromatic carbocycles. The zero-order chi connectivity index (χ0) is 10.7. The van der Waals surface area contributed by atoms with Crippen molar-refractivity contribution >= 4 is 11.6 Å². The van der Waals surface area contributed by atoms with E-state index >= 15 is 0 Å². The third kappa shape index (κ3) is 1.79. The summed E-state index contributed by atoms with van der Waals surface area (Å²) in [6.07, 6.45) is 5.09. The number of fused-ring (bicyclic) bond motifs is 1. The van der Waals surface area contributed by atoms with Gasteiger partial charge in [0.25, 0.3) is 0 Å². The molecule has 15 heavy (non-hydrogen) atoms. The summed E-state index contributed by atoms with van der Waals surface area (Å²) in [5.74, 6) is 2.27. The van der Waals surface area contributed by atoms with Crippen LogP contribution in [0.1, 0.15) is 11.5 Å². The van der Waals surface area contributed by atoms with Crippen molar-refractivity contribution in [2.45, 2.75) is 5.92 Å². The maximum Gasteiger partial charge on any atom is 0.230 e. The molecule has 0 aromatic heterocycles. The van der Waals surface area contributed by atoms with E-state index in [0.29, 0.717) is 6.54 Å². The number of carbonyl (C=O) groups is 1. The summed E-state index contributed by atoms with van der Waals surface area (Å²) in [5.41, 5.74) is 2.09. The van der Waals surface area contributed by atoms with E-state index < -0.39 is 0 Å². The van der Waals surface area contributed by atoms with Crippen LogP contribution in [0.4, 0.5) is 5.69 Å². The Morgan fingerprint density at radius 1 is 1.60 bits per heavy atom. The van der Waals surface area contributed by atoms with E-state index in [2.05, 4.69) is 16.6 Å². The van der Waals surface area contributed by atoms with Crippen molar-refractivity contribution in [3.8, 4) is 12.3 Å². The Morgan fingerprint density at radius 2 is 2.40 bits per heavy atom. The van der Waals surface area contributed by atoms with Gasteiger partial charge < -0.3 is 10.6 Å². The van der Waals surface area contributed by atoms with Gasteiger partial charge in [-0.25, -0.2) is 0 Å². The number of carbonyl (C=O) groups excluding carboxylic acids is 1. The van der Waals surface area contributed by atoms with Crippen LogP contribution in [0.25, 0.3) is 0 Å². The molecule has 0 radical (unpaired) electrons. The van der Waals surface area contributed by atoms with Gasteiger partial charge in [-0.1, -0.05) is 24.1 Å². The highest BCUT2D eigenvalue weighted by atomic mass is 16.1. The van der Waals surface area contributed by atoms with Crippen molar-refractivity contribution < 1.29 is 4.79 Å². The maximum atomic E-state index is 11.7. The summed E-state index contributed by atoms with van der Waals surface area (Å²) in [4.78, 5) is 11.7. The summed E-state index contributed by atoms with van der Waals surface area (Å²) in [6, 6.07) is 7.83. The average molecular weight is 200 g/mol. The molecular formula is C12H12N2O. The average Bonchev–Trinajstić information content (AvgIpc) is 2.69. The smallest absolute Gasteiger partial charge is 0.230 e. The van der Waals surface area contributed by atoms with Gasteiger partial charge in [0.1, 0.15) is 0 Å². The lowest BCUT2D eigenvalue weighted by Crippen LogP contribution is -2.30. The van der Waals surface area contributed by atoms with Gasteiger partial charge in [0.05, 0.1) is 12.5 Å². The summed E-state index contributed by atoms with van der Waals surface area (Å²) in [5, 5.41) is 5.90. The van der Waals surface area contributed by atoms with E-state index in [1.807, 2.05) is 24.3 Å². The monoisotopic (exact) mass is 200 g/mol. The highest BCUT2D eigenvalue weighted by Gasteiger charge is 2.27. The Hall–Kier alpha value is -1.95. The molecule has 1 aromatic rings. The van der Waals surface area contributed by atoms with Crippen LogP contribution in [0, 0.1) is 12.3 Å². The third-order valence-corrected chi connectivity index (χ3v) is 2.51. The first-order chi connectivity index (χ1) is 7.33. The second kappa shape index (κ2) is 4.05. The molecule has 1 heterocycles. The molecule has 1 aliphatic rings. The molecule has 2 N–H and O–H groups in total. The molecule has 76 valence electrons. The van der Waals surface area contributed by atoms with Gasteiger partial charge in [0.2, 0.25) is 5.91 Å². The SMILES string of the molecule is C#CCNC(=O)C1CNc2ccccc21. The number of para-hydroxylation sites is 1. The zero-order valence-electron chi connectivity index (χ0n) is 8.29. The van der Waals surface area contributed by atoms with Crippen molar-refractivity contribution in [3.63, 3.8) is 0 Å². The van der Waals surface area contributed by atoms with Crippen LogP contribution in [0.5, 0.6) is 0 Å². The zero-order valence-corrected chi connectivity index (χ0v) is 8.29. The standard InChI is InChI=1S/C12H12N2O/c1-2-7-13-12(15)10-8-14-11-6-4-3-5-9(10)11/h1,3-6,10,14H,7-8H2,(H,13,15). The number of terminal acetylenes is 1. The second-order valence-electron chi connectivity index (χ2n) is 3.44. The molecule has 0 bridgehead atoms. The van der Waals surface area contributed by atoms with Crippen LogP contribution in [-0.2, 0) is 4.79 Å². The van der Waals surface area contributed by atoms with Gasteiger partial charge in [0, 0.05) is 12.2 Å². The molecule has 2 rings (SSSR count). The minimum Gasteiger partial charge on any atom is -0.384 e. The number of benzene rings is 1. The van der Waals surface area contributed by atoms with Crippen LogP contribution >= 0.6 is 0 Å². The number of amides is 1. The number of nitrogens with one attached hydrogen (secondary N) is 2. The van der Waals surface area contributed by atoms with Crippen molar-refractivity contribution in [1.82, 2.24) is 5.32 Å².